The summed E-state index contributed by atoms with van der Waals surface area (Å²) in [6, 6.07) is 1.54. The minimum absolute atomic E-state index is 0.319. The molecule has 5 nitrogen and oxygen atoms in total. The van der Waals surface area contributed by atoms with Gasteiger partial charge in [-0.2, -0.15) is 0 Å². The number of thiophene rings is 1. The highest BCUT2D eigenvalue weighted by Gasteiger charge is 2.16. The van der Waals surface area contributed by atoms with Gasteiger partial charge in [0.2, 0.25) is 5.95 Å². The summed E-state index contributed by atoms with van der Waals surface area (Å²) in [4.78, 5) is 22.8. The van der Waals surface area contributed by atoms with Gasteiger partial charge >= 0.3 is 0 Å². The SMILES string of the molecule is O=C(Nc1cnc(N2CCCC2)nc1)c1cc(Cl)sc1Cl. The Bertz CT molecular complexity index is 653. The molecular weight excluding hydrogens is 331 g/mol. The van der Waals surface area contributed by atoms with Crippen LogP contribution in [0.25, 0.3) is 0 Å². The van der Waals surface area contributed by atoms with Crippen LogP contribution in [0.15, 0.2) is 18.5 Å². The van der Waals surface area contributed by atoms with Crippen LogP contribution in [0.1, 0.15) is 23.2 Å². The molecule has 3 heterocycles. The first-order valence-electron chi connectivity index (χ1n) is 6.46. The van der Waals surface area contributed by atoms with Crippen LogP contribution in [0.3, 0.4) is 0 Å². The summed E-state index contributed by atoms with van der Waals surface area (Å²) < 4.78 is 0.845. The summed E-state index contributed by atoms with van der Waals surface area (Å²) in [7, 11) is 0. The van der Waals surface area contributed by atoms with Crippen molar-refractivity contribution in [3.63, 3.8) is 0 Å². The number of aromatic nitrogens is 2. The van der Waals surface area contributed by atoms with E-state index in [2.05, 4.69) is 20.2 Å². The molecule has 0 spiro atoms. The predicted octanol–water partition coefficient (Wildman–Crippen LogP) is 3.70. The van der Waals surface area contributed by atoms with E-state index in [1.807, 2.05) is 0 Å². The summed E-state index contributed by atoms with van der Waals surface area (Å²) >= 11 is 12.9. The van der Waals surface area contributed by atoms with E-state index in [9.17, 15) is 4.79 Å². The molecule has 21 heavy (non-hydrogen) atoms. The standard InChI is InChI=1S/C13H12Cl2N4OS/c14-10-5-9(11(15)21-10)12(20)18-8-6-16-13(17-7-8)19-3-1-2-4-19/h5-7H,1-4H2,(H,18,20). The summed E-state index contributed by atoms with van der Waals surface area (Å²) in [6.45, 7) is 1.96. The Morgan fingerprint density at radius 3 is 2.48 bits per heavy atom. The molecule has 0 aliphatic carbocycles. The number of amides is 1. The lowest BCUT2D eigenvalue weighted by molar-refractivity contribution is 0.102. The van der Waals surface area contributed by atoms with Gasteiger partial charge < -0.3 is 10.2 Å². The number of rotatable bonds is 3. The van der Waals surface area contributed by atoms with E-state index in [1.54, 1.807) is 18.5 Å². The molecule has 110 valence electrons. The van der Waals surface area contributed by atoms with Crippen LogP contribution >= 0.6 is 34.5 Å². The van der Waals surface area contributed by atoms with Gasteiger partial charge in [0.05, 0.1) is 28.0 Å². The van der Waals surface area contributed by atoms with Crippen molar-refractivity contribution in [1.82, 2.24) is 9.97 Å². The van der Waals surface area contributed by atoms with Crippen LogP contribution in [-0.4, -0.2) is 29.0 Å². The lowest BCUT2D eigenvalue weighted by Crippen LogP contribution is -2.20. The first-order chi connectivity index (χ1) is 10.1. The fourth-order valence-corrected chi connectivity index (χ4v) is 3.62. The topological polar surface area (TPSA) is 58.1 Å². The van der Waals surface area contributed by atoms with Gasteiger partial charge in [0.1, 0.15) is 4.34 Å². The highest BCUT2D eigenvalue weighted by Crippen LogP contribution is 2.31. The molecule has 0 aromatic carbocycles. The van der Waals surface area contributed by atoms with Gasteiger partial charge in [-0.25, -0.2) is 9.97 Å². The Balaban J connectivity index is 1.70. The van der Waals surface area contributed by atoms with Crippen LogP contribution in [0.4, 0.5) is 11.6 Å². The second-order valence-corrected chi connectivity index (χ2v) is 6.94. The number of nitrogens with zero attached hydrogens (tertiary/aromatic N) is 3. The van der Waals surface area contributed by atoms with Crippen LogP contribution in [0.5, 0.6) is 0 Å². The average molecular weight is 343 g/mol. The van der Waals surface area contributed by atoms with E-state index in [0.717, 1.165) is 24.4 Å². The van der Waals surface area contributed by atoms with Crippen molar-refractivity contribution >= 4 is 52.1 Å². The maximum atomic E-state index is 12.1. The minimum Gasteiger partial charge on any atom is -0.341 e. The van der Waals surface area contributed by atoms with Crippen molar-refractivity contribution in [2.75, 3.05) is 23.3 Å². The van der Waals surface area contributed by atoms with Crippen LogP contribution in [0.2, 0.25) is 8.67 Å². The second kappa shape index (κ2) is 6.17. The Kier molecular flexibility index (Phi) is 4.28. The second-order valence-electron chi connectivity index (χ2n) is 4.66. The quantitative estimate of drug-likeness (QED) is 0.923. The zero-order valence-electron chi connectivity index (χ0n) is 11.0. The van der Waals surface area contributed by atoms with Gasteiger partial charge in [0.25, 0.3) is 5.91 Å². The maximum Gasteiger partial charge on any atom is 0.258 e. The smallest absolute Gasteiger partial charge is 0.258 e. The largest absolute Gasteiger partial charge is 0.341 e. The van der Waals surface area contributed by atoms with Gasteiger partial charge in [0, 0.05) is 13.1 Å². The maximum absolute atomic E-state index is 12.1. The molecule has 1 aliphatic heterocycles. The third kappa shape index (κ3) is 3.28. The van der Waals surface area contributed by atoms with E-state index < -0.39 is 0 Å². The lowest BCUT2D eigenvalue weighted by Gasteiger charge is -2.14. The number of hydrogen-bond acceptors (Lipinski definition) is 5. The molecular formula is C13H12Cl2N4OS. The van der Waals surface area contributed by atoms with Crippen molar-refractivity contribution in [1.29, 1.82) is 0 Å². The lowest BCUT2D eigenvalue weighted by atomic mass is 10.3. The molecule has 1 aliphatic rings. The molecule has 0 saturated carbocycles. The van der Waals surface area contributed by atoms with Crippen LogP contribution < -0.4 is 10.2 Å². The van der Waals surface area contributed by atoms with Crippen molar-refractivity contribution in [3.05, 3.63) is 32.7 Å². The van der Waals surface area contributed by atoms with E-state index in [1.165, 1.54) is 12.8 Å². The molecule has 0 unspecified atom stereocenters. The average Bonchev–Trinajstić information content (AvgIpc) is 3.09. The highest BCUT2D eigenvalue weighted by atomic mass is 35.5. The number of carbonyl (C=O) groups is 1. The fraction of sp³-hybridized carbons (Fsp3) is 0.308. The van der Waals surface area contributed by atoms with Crippen LogP contribution in [0, 0.1) is 0 Å². The normalized spacial score (nSPS) is 14.5. The van der Waals surface area contributed by atoms with Gasteiger partial charge in [0.15, 0.2) is 0 Å². The molecule has 0 bridgehead atoms. The van der Waals surface area contributed by atoms with E-state index >= 15 is 0 Å². The van der Waals surface area contributed by atoms with Crippen LogP contribution in [-0.2, 0) is 0 Å². The number of anilines is 2. The Morgan fingerprint density at radius 1 is 1.24 bits per heavy atom. The molecule has 3 rings (SSSR count). The molecule has 0 radical (unpaired) electrons. The zero-order chi connectivity index (χ0) is 14.8. The van der Waals surface area contributed by atoms with E-state index in [4.69, 9.17) is 23.2 Å². The molecule has 1 saturated heterocycles. The van der Waals surface area contributed by atoms with Crippen molar-refractivity contribution in [2.45, 2.75) is 12.8 Å². The predicted molar refractivity (Wildman–Crippen MR) is 85.8 cm³/mol. The summed E-state index contributed by atoms with van der Waals surface area (Å²) in [5.41, 5.74) is 0.886. The van der Waals surface area contributed by atoms with Crippen molar-refractivity contribution in [3.8, 4) is 0 Å². The molecule has 2 aromatic heterocycles. The highest BCUT2D eigenvalue weighted by molar-refractivity contribution is 7.20. The Labute approximate surface area is 135 Å². The van der Waals surface area contributed by atoms with E-state index in [0.29, 0.717) is 25.9 Å². The van der Waals surface area contributed by atoms with Crippen molar-refractivity contribution < 1.29 is 4.79 Å². The number of halogens is 2. The summed E-state index contributed by atoms with van der Waals surface area (Å²) in [5.74, 6) is 0.378. The third-order valence-electron chi connectivity index (χ3n) is 3.19. The summed E-state index contributed by atoms with van der Waals surface area (Å²) in [6.07, 6.45) is 5.53. The first kappa shape index (κ1) is 14.6. The molecule has 1 fully saturated rings. The monoisotopic (exact) mass is 342 g/mol. The number of carbonyl (C=O) groups excluding carboxylic acids is 1. The first-order valence-corrected chi connectivity index (χ1v) is 8.04. The Hall–Kier alpha value is -1.37. The van der Waals surface area contributed by atoms with Gasteiger partial charge in [-0.1, -0.05) is 23.2 Å². The molecule has 0 atom stereocenters. The number of hydrogen-bond donors (Lipinski definition) is 1. The van der Waals surface area contributed by atoms with E-state index in [-0.39, 0.29) is 5.91 Å². The molecule has 8 heteroatoms. The number of nitrogens with one attached hydrogen (secondary N) is 1. The summed E-state index contributed by atoms with van der Waals surface area (Å²) in [5, 5.41) is 2.71. The minimum atomic E-state index is -0.319. The molecule has 2 aromatic rings. The van der Waals surface area contributed by atoms with Gasteiger partial charge in [-0.05, 0) is 18.9 Å². The van der Waals surface area contributed by atoms with Crippen molar-refractivity contribution in [2.24, 2.45) is 0 Å². The zero-order valence-corrected chi connectivity index (χ0v) is 13.3. The molecule has 1 N–H and O–H groups in total. The van der Waals surface area contributed by atoms with Gasteiger partial charge in [-0.15, -0.1) is 11.3 Å². The Morgan fingerprint density at radius 2 is 1.90 bits per heavy atom. The van der Waals surface area contributed by atoms with Gasteiger partial charge in [-0.3, -0.25) is 4.79 Å². The third-order valence-corrected chi connectivity index (χ3v) is 4.67. The fourth-order valence-electron chi connectivity index (χ4n) is 2.16. The molecule has 1 amide bonds.